The number of rotatable bonds is 4. The predicted octanol–water partition coefficient (Wildman–Crippen LogP) is 1.07. The molecule has 4 rings (SSSR count). The van der Waals surface area contributed by atoms with Crippen molar-refractivity contribution in [3.63, 3.8) is 0 Å². The van der Waals surface area contributed by atoms with E-state index in [1.165, 1.54) is 4.68 Å². The van der Waals surface area contributed by atoms with E-state index in [-0.39, 0.29) is 24.0 Å². The number of amides is 2. The third-order valence-electron chi connectivity index (χ3n) is 6.14. The van der Waals surface area contributed by atoms with Crippen LogP contribution in [0.2, 0.25) is 0 Å². The molecule has 0 aliphatic carbocycles. The first-order chi connectivity index (χ1) is 15.0. The minimum absolute atomic E-state index is 0.0536. The maximum atomic E-state index is 12.8. The molecule has 9 heteroatoms. The van der Waals surface area contributed by atoms with Crippen LogP contribution in [0.1, 0.15) is 41.0 Å². The summed E-state index contributed by atoms with van der Waals surface area (Å²) in [6, 6.07) is 5.42. The predicted molar refractivity (Wildman–Crippen MR) is 114 cm³/mol. The van der Waals surface area contributed by atoms with Crippen LogP contribution in [0, 0.1) is 6.92 Å². The van der Waals surface area contributed by atoms with Crippen molar-refractivity contribution in [2.45, 2.75) is 45.7 Å². The molecule has 0 atom stereocenters. The van der Waals surface area contributed by atoms with Crippen molar-refractivity contribution >= 4 is 11.8 Å². The number of carbonyl (C=O) groups is 2. The van der Waals surface area contributed by atoms with E-state index in [9.17, 15) is 14.4 Å². The number of carbonyl (C=O) groups excluding carboxylic acids is 2. The molecule has 2 aromatic rings. The number of fused-ring (bicyclic) bond motifs is 1. The maximum absolute atomic E-state index is 12.8. The molecule has 2 aliphatic heterocycles. The fourth-order valence-electron chi connectivity index (χ4n) is 4.25. The number of ether oxygens (including phenoxy) is 1. The molecule has 2 amide bonds. The standard InChI is InChI=1S/C22H29N5O4/c1-16-7-8-17(14-18(16)31-2)21(29)25-12-10-24(11-13-25)20(28)15-27-22(30)26-9-5-3-4-6-19(26)23-27/h7-8,14H,3-6,9-13,15H2,1-2H3. The number of piperazine rings is 1. The molecule has 1 aromatic heterocycles. The van der Waals surface area contributed by atoms with Crippen molar-refractivity contribution in [2.75, 3.05) is 33.3 Å². The Kier molecular flexibility index (Phi) is 6.11. The van der Waals surface area contributed by atoms with Crippen molar-refractivity contribution in [1.29, 1.82) is 0 Å². The molecule has 0 radical (unpaired) electrons. The van der Waals surface area contributed by atoms with Crippen LogP contribution in [-0.2, 0) is 24.3 Å². The highest BCUT2D eigenvalue weighted by Crippen LogP contribution is 2.20. The molecule has 3 heterocycles. The SMILES string of the molecule is COc1cc(C(=O)N2CCN(C(=O)Cn3nc4n(c3=O)CCCCC4)CC2)ccc1C. The Hall–Kier alpha value is -3.10. The molecular weight excluding hydrogens is 398 g/mol. The first-order valence-electron chi connectivity index (χ1n) is 10.9. The normalized spacial score (nSPS) is 16.6. The first kappa shape index (κ1) is 21.1. The second-order valence-corrected chi connectivity index (χ2v) is 8.18. The van der Waals surface area contributed by atoms with E-state index in [0.29, 0.717) is 44.0 Å². The van der Waals surface area contributed by atoms with Gasteiger partial charge in [0.1, 0.15) is 18.1 Å². The number of aromatic nitrogens is 3. The summed E-state index contributed by atoms with van der Waals surface area (Å²) in [4.78, 5) is 41.6. The zero-order valence-corrected chi connectivity index (χ0v) is 18.2. The summed E-state index contributed by atoms with van der Waals surface area (Å²) in [5.41, 5.74) is 1.35. The van der Waals surface area contributed by atoms with E-state index in [1.807, 2.05) is 13.0 Å². The van der Waals surface area contributed by atoms with Crippen LogP contribution < -0.4 is 10.4 Å². The van der Waals surface area contributed by atoms with Crippen LogP contribution >= 0.6 is 0 Å². The molecule has 0 saturated carbocycles. The molecule has 0 unspecified atom stereocenters. The Morgan fingerprint density at radius 3 is 2.52 bits per heavy atom. The lowest BCUT2D eigenvalue weighted by Gasteiger charge is -2.34. The van der Waals surface area contributed by atoms with E-state index >= 15 is 0 Å². The molecule has 1 aromatic carbocycles. The van der Waals surface area contributed by atoms with Crippen LogP contribution in [-0.4, -0.2) is 69.3 Å². The van der Waals surface area contributed by atoms with Gasteiger partial charge in [0.05, 0.1) is 7.11 Å². The lowest BCUT2D eigenvalue weighted by molar-refractivity contribution is -0.133. The van der Waals surface area contributed by atoms with E-state index in [4.69, 9.17) is 4.74 Å². The number of hydrogen-bond donors (Lipinski definition) is 0. The van der Waals surface area contributed by atoms with Crippen molar-refractivity contribution in [3.8, 4) is 5.75 Å². The molecule has 1 fully saturated rings. The quantitative estimate of drug-likeness (QED) is 0.728. The van der Waals surface area contributed by atoms with Crippen LogP contribution in [0.4, 0.5) is 0 Å². The molecule has 0 N–H and O–H groups in total. The van der Waals surface area contributed by atoms with Crippen molar-refractivity contribution in [2.24, 2.45) is 0 Å². The lowest BCUT2D eigenvalue weighted by atomic mass is 10.1. The largest absolute Gasteiger partial charge is 0.496 e. The second kappa shape index (κ2) is 8.95. The van der Waals surface area contributed by atoms with Gasteiger partial charge in [-0.2, -0.15) is 5.10 Å². The maximum Gasteiger partial charge on any atom is 0.346 e. The summed E-state index contributed by atoms with van der Waals surface area (Å²) in [6.45, 7) is 4.34. The van der Waals surface area contributed by atoms with Gasteiger partial charge < -0.3 is 14.5 Å². The summed E-state index contributed by atoms with van der Waals surface area (Å²) in [5, 5.41) is 4.39. The number of nitrogens with zero attached hydrogens (tertiary/aromatic N) is 5. The Balaban J connectivity index is 1.36. The Morgan fingerprint density at radius 1 is 1.03 bits per heavy atom. The zero-order chi connectivity index (χ0) is 22.0. The fourth-order valence-corrected chi connectivity index (χ4v) is 4.25. The van der Waals surface area contributed by atoms with E-state index < -0.39 is 0 Å². The average molecular weight is 428 g/mol. The fraction of sp³-hybridized carbons (Fsp3) is 0.545. The average Bonchev–Trinajstić information content (AvgIpc) is 2.94. The Labute approximate surface area is 181 Å². The van der Waals surface area contributed by atoms with Crippen molar-refractivity contribution in [1.82, 2.24) is 24.1 Å². The summed E-state index contributed by atoms with van der Waals surface area (Å²) in [7, 11) is 1.59. The molecule has 0 bridgehead atoms. The Morgan fingerprint density at radius 2 is 1.77 bits per heavy atom. The first-order valence-corrected chi connectivity index (χ1v) is 10.9. The number of methoxy groups -OCH3 is 1. The van der Waals surface area contributed by atoms with Gasteiger partial charge >= 0.3 is 5.69 Å². The van der Waals surface area contributed by atoms with Gasteiger partial charge in [0.2, 0.25) is 5.91 Å². The second-order valence-electron chi connectivity index (χ2n) is 8.18. The van der Waals surface area contributed by atoms with Gasteiger partial charge in [-0.25, -0.2) is 9.48 Å². The van der Waals surface area contributed by atoms with Crippen molar-refractivity contribution in [3.05, 3.63) is 45.6 Å². The minimum Gasteiger partial charge on any atom is -0.496 e. The summed E-state index contributed by atoms with van der Waals surface area (Å²) >= 11 is 0. The van der Waals surface area contributed by atoms with Gasteiger partial charge in [-0.1, -0.05) is 12.5 Å². The third-order valence-corrected chi connectivity index (χ3v) is 6.14. The van der Waals surface area contributed by atoms with Crippen LogP contribution in [0.5, 0.6) is 5.75 Å². The molecule has 31 heavy (non-hydrogen) atoms. The highest BCUT2D eigenvalue weighted by atomic mass is 16.5. The van der Waals surface area contributed by atoms with Gasteiger partial charge in [0.15, 0.2) is 0 Å². The van der Waals surface area contributed by atoms with Gasteiger partial charge in [-0.3, -0.25) is 14.2 Å². The smallest absolute Gasteiger partial charge is 0.346 e. The van der Waals surface area contributed by atoms with Crippen LogP contribution in [0.15, 0.2) is 23.0 Å². The van der Waals surface area contributed by atoms with Crippen LogP contribution in [0.25, 0.3) is 0 Å². The summed E-state index contributed by atoms with van der Waals surface area (Å²) < 4.78 is 8.31. The van der Waals surface area contributed by atoms with Crippen molar-refractivity contribution < 1.29 is 14.3 Å². The molecule has 166 valence electrons. The van der Waals surface area contributed by atoms with Gasteiger partial charge in [0, 0.05) is 44.7 Å². The summed E-state index contributed by atoms with van der Waals surface area (Å²) in [5.74, 6) is 1.25. The van der Waals surface area contributed by atoms with E-state index in [2.05, 4.69) is 5.10 Å². The topological polar surface area (TPSA) is 89.7 Å². The minimum atomic E-state index is -0.201. The highest BCUT2D eigenvalue weighted by Gasteiger charge is 2.26. The zero-order valence-electron chi connectivity index (χ0n) is 18.2. The van der Waals surface area contributed by atoms with Crippen LogP contribution in [0.3, 0.4) is 0 Å². The monoisotopic (exact) mass is 427 g/mol. The number of aryl methyl sites for hydroxylation is 2. The highest BCUT2D eigenvalue weighted by molar-refractivity contribution is 5.95. The molecule has 0 spiro atoms. The molecule has 2 aliphatic rings. The van der Waals surface area contributed by atoms with Gasteiger partial charge in [0.25, 0.3) is 5.91 Å². The lowest BCUT2D eigenvalue weighted by Crippen LogP contribution is -2.51. The third kappa shape index (κ3) is 4.35. The van der Waals surface area contributed by atoms with Gasteiger partial charge in [-0.15, -0.1) is 0 Å². The summed E-state index contributed by atoms with van der Waals surface area (Å²) in [6.07, 6.45) is 3.86. The van der Waals surface area contributed by atoms with E-state index in [1.54, 1.807) is 33.6 Å². The van der Waals surface area contributed by atoms with E-state index in [0.717, 1.165) is 37.1 Å². The number of hydrogen-bond acceptors (Lipinski definition) is 5. The molecular formula is C22H29N5O4. The Bertz CT molecular complexity index is 1030. The number of benzene rings is 1. The molecule has 9 nitrogen and oxygen atoms in total. The molecule has 1 saturated heterocycles. The van der Waals surface area contributed by atoms with Gasteiger partial charge in [-0.05, 0) is 37.5 Å².